The molecule has 2 N–H and O–H groups in total. The van der Waals surface area contributed by atoms with Crippen LogP contribution in [0.25, 0.3) is 10.6 Å². The van der Waals surface area contributed by atoms with Crippen molar-refractivity contribution in [3.8, 4) is 10.6 Å². The van der Waals surface area contributed by atoms with Crippen molar-refractivity contribution in [2.24, 2.45) is 0 Å². The maximum atomic E-state index is 13.4. The van der Waals surface area contributed by atoms with Gasteiger partial charge in [-0.15, -0.1) is 11.3 Å². The first-order valence-electron chi connectivity index (χ1n) is 13.1. The normalized spacial score (nSPS) is 19.0. The molecular weight excluding hydrogens is 528 g/mol. The number of nitrogens with zero attached hydrogens (tertiary/aromatic N) is 5. The van der Waals surface area contributed by atoms with Crippen molar-refractivity contribution in [3.05, 3.63) is 45.7 Å². The summed E-state index contributed by atoms with van der Waals surface area (Å²) in [6, 6.07) is 7.30. The number of halogens is 1. The van der Waals surface area contributed by atoms with Gasteiger partial charge in [0.05, 0.1) is 28.4 Å². The second-order valence-corrected chi connectivity index (χ2v) is 11.9. The number of aromatic nitrogens is 3. The van der Waals surface area contributed by atoms with E-state index in [4.69, 9.17) is 16.1 Å². The van der Waals surface area contributed by atoms with E-state index in [1.54, 1.807) is 23.1 Å². The predicted octanol–water partition coefficient (Wildman–Crippen LogP) is 3.50. The summed E-state index contributed by atoms with van der Waals surface area (Å²) in [7, 11) is 0. The zero-order valence-electron chi connectivity index (χ0n) is 21.6. The molecule has 204 valence electrons. The number of amides is 2. The van der Waals surface area contributed by atoms with Crippen LogP contribution in [0.1, 0.15) is 66.2 Å². The van der Waals surface area contributed by atoms with Crippen LogP contribution in [0, 0.1) is 0 Å². The van der Waals surface area contributed by atoms with Gasteiger partial charge in [0.2, 0.25) is 0 Å². The number of hydrogen-bond donors (Lipinski definition) is 2. The molecule has 0 aromatic carbocycles. The van der Waals surface area contributed by atoms with E-state index in [1.165, 1.54) is 16.0 Å². The zero-order chi connectivity index (χ0) is 26.8. The number of thiophene rings is 1. The average Bonchev–Trinajstić information content (AvgIpc) is 3.71. The fourth-order valence-corrected chi connectivity index (χ4v) is 6.18. The maximum Gasteiger partial charge on any atom is 0.274 e. The third-order valence-electron chi connectivity index (χ3n) is 7.36. The van der Waals surface area contributed by atoms with Crippen LogP contribution in [-0.4, -0.2) is 86.0 Å². The summed E-state index contributed by atoms with van der Waals surface area (Å²) >= 11 is 7.44. The van der Waals surface area contributed by atoms with Crippen LogP contribution in [-0.2, 0) is 6.54 Å². The summed E-state index contributed by atoms with van der Waals surface area (Å²) in [5, 5.41) is 21.5. The highest BCUT2D eigenvalue weighted by molar-refractivity contribution is 7.19. The largest absolute Gasteiger partial charge is 0.394 e. The van der Waals surface area contributed by atoms with E-state index < -0.39 is 0 Å². The first-order valence-corrected chi connectivity index (χ1v) is 14.3. The summed E-state index contributed by atoms with van der Waals surface area (Å²) in [6.45, 7) is 6.84. The number of hydrogen-bond acceptors (Lipinski definition) is 8. The Bertz CT molecular complexity index is 1280. The van der Waals surface area contributed by atoms with Gasteiger partial charge in [0.15, 0.2) is 11.5 Å². The zero-order valence-corrected chi connectivity index (χ0v) is 23.2. The molecule has 0 saturated carbocycles. The Labute approximate surface area is 230 Å². The summed E-state index contributed by atoms with van der Waals surface area (Å²) in [5.41, 5.74) is 1.04. The lowest BCUT2D eigenvalue weighted by Crippen LogP contribution is -2.46. The van der Waals surface area contributed by atoms with Crippen LogP contribution in [0.2, 0.25) is 4.34 Å². The second-order valence-electron chi connectivity index (χ2n) is 10.2. The Balaban J connectivity index is 1.37. The highest BCUT2D eigenvalue weighted by Gasteiger charge is 2.32. The van der Waals surface area contributed by atoms with Crippen molar-refractivity contribution in [1.82, 2.24) is 30.1 Å². The van der Waals surface area contributed by atoms with E-state index in [9.17, 15) is 14.7 Å². The van der Waals surface area contributed by atoms with E-state index >= 15 is 0 Å². The van der Waals surface area contributed by atoms with Crippen LogP contribution < -0.4 is 5.32 Å². The molecule has 0 radical (unpaired) electrons. The van der Waals surface area contributed by atoms with Crippen LogP contribution in [0.5, 0.6) is 0 Å². The molecule has 2 fully saturated rings. The fourth-order valence-electron chi connectivity index (χ4n) is 5.19. The van der Waals surface area contributed by atoms with Crippen molar-refractivity contribution in [2.45, 2.75) is 64.2 Å². The molecular formula is C26H33ClN6O4S. The average molecular weight is 561 g/mol. The van der Waals surface area contributed by atoms with Crippen LogP contribution >= 0.6 is 22.9 Å². The monoisotopic (exact) mass is 560 g/mol. The Kier molecular flexibility index (Phi) is 8.18. The summed E-state index contributed by atoms with van der Waals surface area (Å²) in [5.74, 6) is 0.0215. The molecule has 0 aliphatic carbocycles. The number of likely N-dealkylation sites (tertiary alicyclic amines) is 2. The van der Waals surface area contributed by atoms with Crippen molar-refractivity contribution >= 4 is 34.8 Å². The van der Waals surface area contributed by atoms with Crippen LogP contribution in [0.3, 0.4) is 0 Å². The van der Waals surface area contributed by atoms with Crippen molar-refractivity contribution in [1.29, 1.82) is 0 Å². The molecule has 0 bridgehead atoms. The van der Waals surface area contributed by atoms with Gasteiger partial charge in [-0.05, 0) is 51.7 Å². The summed E-state index contributed by atoms with van der Waals surface area (Å²) in [4.78, 5) is 31.6. The van der Waals surface area contributed by atoms with Gasteiger partial charge in [-0.1, -0.05) is 16.8 Å². The summed E-state index contributed by atoms with van der Waals surface area (Å²) < 4.78 is 7.66. The molecule has 2 aliphatic rings. The third kappa shape index (κ3) is 5.80. The maximum absolute atomic E-state index is 13.4. The van der Waals surface area contributed by atoms with E-state index in [-0.39, 0.29) is 42.7 Å². The van der Waals surface area contributed by atoms with Gasteiger partial charge in [-0.2, -0.15) is 5.10 Å². The molecule has 3 aromatic rings. The predicted molar refractivity (Wildman–Crippen MR) is 144 cm³/mol. The molecule has 5 heterocycles. The lowest BCUT2D eigenvalue weighted by molar-refractivity contribution is 0.0670. The molecule has 5 rings (SSSR count). The number of carbonyl (C=O) groups excluding carboxylic acids is 2. The molecule has 0 unspecified atom stereocenters. The molecule has 38 heavy (non-hydrogen) atoms. The first kappa shape index (κ1) is 26.9. The highest BCUT2D eigenvalue weighted by Crippen LogP contribution is 2.31. The highest BCUT2D eigenvalue weighted by atomic mass is 35.5. The molecule has 3 aromatic heterocycles. The SMILES string of the molecule is CC(C)N1CCC(NC(=O)c2cc(C(=O)N3CCC[C@H]3CO)nn2Cc2cc(-c3ccc(Cl)s3)on2)CC1. The minimum absolute atomic E-state index is 0.0552. The third-order valence-corrected chi connectivity index (χ3v) is 8.61. The molecule has 2 aliphatic heterocycles. The van der Waals surface area contributed by atoms with Crippen molar-refractivity contribution in [2.75, 3.05) is 26.2 Å². The number of aliphatic hydroxyl groups is 1. The Hall–Kier alpha value is -2.73. The number of rotatable bonds is 8. The number of carbonyl (C=O) groups is 2. The quantitative estimate of drug-likeness (QED) is 0.433. The second kappa shape index (κ2) is 11.6. The van der Waals surface area contributed by atoms with Gasteiger partial charge in [-0.3, -0.25) is 14.3 Å². The number of piperidine rings is 1. The smallest absolute Gasteiger partial charge is 0.274 e. The topological polar surface area (TPSA) is 117 Å². The fraction of sp³-hybridized carbons (Fsp3) is 0.538. The Morgan fingerprint density at radius 2 is 2.00 bits per heavy atom. The summed E-state index contributed by atoms with van der Waals surface area (Å²) in [6.07, 6.45) is 3.31. The Morgan fingerprint density at radius 3 is 2.68 bits per heavy atom. The van der Waals surface area contributed by atoms with Crippen molar-refractivity contribution in [3.63, 3.8) is 0 Å². The molecule has 2 amide bonds. The van der Waals surface area contributed by atoms with Gasteiger partial charge in [-0.25, -0.2) is 0 Å². The minimum atomic E-state index is -0.284. The molecule has 1 atom stereocenters. The minimum Gasteiger partial charge on any atom is -0.394 e. The molecule has 0 spiro atoms. The van der Waals surface area contributed by atoms with Gasteiger partial charge in [0.25, 0.3) is 11.8 Å². The first-order chi connectivity index (χ1) is 18.3. The van der Waals surface area contributed by atoms with E-state index in [2.05, 4.69) is 34.3 Å². The lowest BCUT2D eigenvalue weighted by Gasteiger charge is -2.34. The Morgan fingerprint density at radius 1 is 1.21 bits per heavy atom. The van der Waals surface area contributed by atoms with Crippen LogP contribution in [0.15, 0.2) is 28.8 Å². The van der Waals surface area contributed by atoms with Crippen molar-refractivity contribution < 1.29 is 19.2 Å². The van der Waals surface area contributed by atoms with Gasteiger partial charge < -0.3 is 24.7 Å². The van der Waals surface area contributed by atoms with E-state index in [1.807, 2.05) is 6.07 Å². The lowest BCUT2D eigenvalue weighted by atomic mass is 10.0. The van der Waals surface area contributed by atoms with E-state index in [0.717, 1.165) is 43.6 Å². The van der Waals surface area contributed by atoms with Gasteiger partial charge >= 0.3 is 0 Å². The molecule has 10 nitrogen and oxygen atoms in total. The molecule has 2 saturated heterocycles. The van der Waals surface area contributed by atoms with Gasteiger partial charge in [0.1, 0.15) is 11.4 Å². The van der Waals surface area contributed by atoms with Gasteiger partial charge in [0, 0.05) is 43.9 Å². The number of aliphatic hydroxyl groups excluding tert-OH is 1. The molecule has 12 heteroatoms. The van der Waals surface area contributed by atoms with E-state index in [0.29, 0.717) is 34.1 Å². The number of nitrogens with one attached hydrogen (secondary N) is 1. The standard InChI is InChI=1S/C26H33ClN6O4S/c1-16(2)31-10-7-17(8-11-31)28-25(35)21-13-20(26(36)32-9-3-4-19(32)15-34)29-33(21)14-18-12-22(37-30-18)23-5-6-24(27)38-23/h5-6,12-13,16-17,19,34H,3-4,7-11,14-15H2,1-2H3,(H,28,35)/t19-/m0/s1. The van der Waals surface area contributed by atoms with Crippen LogP contribution in [0.4, 0.5) is 0 Å².